The molecule has 1 spiro atoms. The van der Waals surface area contributed by atoms with Gasteiger partial charge in [0, 0.05) is 18.0 Å². The first-order chi connectivity index (χ1) is 12.2. The van der Waals surface area contributed by atoms with Crippen LogP contribution in [0.4, 0.5) is 0 Å². The molecule has 1 aromatic rings. The van der Waals surface area contributed by atoms with Gasteiger partial charge in [-0.2, -0.15) is 0 Å². The van der Waals surface area contributed by atoms with Crippen LogP contribution in [0.25, 0.3) is 0 Å². The largest absolute Gasteiger partial charge is 0.493 e. The van der Waals surface area contributed by atoms with Gasteiger partial charge in [-0.05, 0) is 36.5 Å². The van der Waals surface area contributed by atoms with Gasteiger partial charge in [0.1, 0.15) is 6.61 Å². The van der Waals surface area contributed by atoms with Crippen LogP contribution in [0.15, 0.2) is 30.9 Å². The second-order valence-corrected chi connectivity index (χ2v) is 7.33. The number of fused-ring (bicyclic) bond motifs is 2. The lowest BCUT2D eigenvalue weighted by Crippen LogP contribution is -2.39. The van der Waals surface area contributed by atoms with Gasteiger partial charge < -0.3 is 19.1 Å². The zero-order chi connectivity index (χ0) is 17.4. The third-order valence-electron chi connectivity index (χ3n) is 6.10. The van der Waals surface area contributed by atoms with Crippen molar-refractivity contribution in [3.8, 4) is 11.5 Å². The van der Waals surface area contributed by atoms with E-state index in [0.717, 1.165) is 13.2 Å². The Labute approximate surface area is 148 Å². The molecule has 5 heteroatoms. The Morgan fingerprint density at radius 3 is 2.92 bits per heavy atom. The summed E-state index contributed by atoms with van der Waals surface area (Å²) in [4.78, 5) is 15.2. The first kappa shape index (κ1) is 16.5. The maximum Gasteiger partial charge on any atom is 0.254 e. The standard InChI is InChI=1S/C20H25NO4/c1-3-9-25-17-6-5-14(10-18(17)23-2)19(22)21-13-20(7-4-8-20)15-11-24-12-16(15)21/h3,5-6,10,15-16H,1,4,7-9,11-13H2,2H3/t15-,16-/m0/s1. The van der Waals surface area contributed by atoms with Crippen LogP contribution < -0.4 is 9.47 Å². The zero-order valence-corrected chi connectivity index (χ0v) is 14.7. The van der Waals surface area contributed by atoms with Gasteiger partial charge in [-0.1, -0.05) is 19.1 Å². The minimum absolute atomic E-state index is 0.0674. The van der Waals surface area contributed by atoms with Gasteiger partial charge in [0.15, 0.2) is 11.5 Å². The third kappa shape index (κ3) is 2.61. The predicted molar refractivity (Wildman–Crippen MR) is 94.1 cm³/mol. The first-order valence-corrected chi connectivity index (χ1v) is 8.99. The molecule has 2 aliphatic heterocycles. The van der Waals surface area contributed by atoms with Crippen LogP contribution in [0.3, 0.4) is 0 Å². The summed E-state index contributed by atoms with van der Waals surface area (Å²) in [5.74, 6) is 1.77. The van der Waals surface area contributed by atoms with Crippen molar-refractivity contribution in [1.82, 2.24) is 4.90 Å². The molecule has 0 bridgehead atoms. The Balaban J connectivity index is 1.57. The number of hydrogen-bond acceptors (Lipinski definition) is 4. The van der Waals surface area contributed by atoms with Crippen molar-refractivity contribution in [3.05, 3.63) is 36.4 Å². The molecule has 2 saturated heterocycles. The number of methoxy groups -OCH3 is 1. The summed E-state index contributed by atoms with van der Waals surface area (Å²) in [5.41, 5.74) is 0.943. The van der Waals surface area contributed by atoms with Gasteiger partial charge in [-0.25, -0.2) is 0 Å². The zero-order valence-electron chi connectivity index (χ0n) is 14.7. The van der Waals surface area contributed by atoms with Gasteiger partial charge >= 0.3 is 0 Å². The van der Waals surface area contributed by atoms with Gasteiger partial charge in [0.05, 0.1) is 26.4 Å². The van der Waals surface area contributed by atoms with Crippen molar-refractivity contribution in [1.29, 1.82) is 0 Å². The summed E-state index contributed by atoms with van der Waals surface area (Å²) in [6.45, 7) is 6.37. The summed E-state index contributed by atoms with van der Waals surface area (Å²) in [5, 5.41) is 0. The van der Waals surface area contributed by atoms with Crippen LogP contribution in [0.5, 0.6) is 11.5 Å². The van der Waals surface area contributed by atoms with E-state index < -0.39 is 0 Å². The van der Waals surface area contributed by atoms with E-state index >= 15 is 0 Å². The van der Waals surface area contributed by atoms with E-state index in [9.17, 15) is 4.79 Å². The van der Waals surface area contributed by atoms with Crippen LogP contribution in [0.1, 0.15) is 29.6 Å². The Bertz CT molecular complexity index is 682. The van der Waals surface area contributed by atoms with E-state index in [1.54, 1.807) is 25.3 Å². The number of ether oxygens (including phenoxy) is 3. The molecule has 0 N–H and O–H groups in total. The molecule has 1 amide bonds. The lowest BCUT2D eigenvalue weighted by Gasteiger charge is -2.41. The van der Waals surface area contributed by atoms with Crippen LogP contribution in [-0.4, -0.2) is 50.3 Å². The quantitative estimate of drug-likeness (QED) is 0.772. The van der Waals surface area contributed by atoms with Crippen molar-refractivity contribution < 1.29 is 19.0 Å². The second kappa shape index (κ2) is 6.37. The molecular formula is C20H25NO4. The fraction of sp³-hybridized carbons (Fsp3) is 0.550. The topological polar surface area (TPSA) is 48.0 Å². The number of benzene rings is 1. The van der Waals surface area contributed by atoms with Crippen molar-refractivity contribution in [2.75, 3.05) is 33.5 Å². The van der Waals surface area contributed by atoms with E-state index in [2.05, 4.69) is 6.58 Å². The average molecular weight is 343 g/mol. The molecule has 2 heterocycles. The lowest BCUT2D eigenvalue weighted by atomic mass is 9.62. The second-order valence-electron chi connectivity index (χ2n) is 7.33. The molecule has 3 fully saturated rings. The average Bonchev–Trinajstić information content (AvgIpc) is 3.19. The van der Waals surface area contributed by atoms with Crippen LogP contribution in [0.2, 0.25) is 0 Å². The summed E-state index contributed by atoms with van der Waals surface area (Å²) in [6, 6.07) is 5.61. The third-order valence-corrected chi connectivity index (χ3v) is 6.10. The molecule has 1 aromatic carbocycles. The molecular weight excluding hydrogens is 318 g/mol. The highest BCUT2D eigenvalue weighted by Crippen LogP contribution is 2.56. The first-order valence-electron chi connectivity index (χ1n) is 8.99. The molecule has 3 aliphatic rings. The van der Waals surface area contributed by atoms with E-state index in [4.69, 9.17) is 14.2 Å². The minimum atomic E-state index is 0.0674. The maximum atomic E-state index is 13.2. The normalized spacial score (nSPS) is 26.2. The number of carbonyl (C=O) groups is 1. The van der Waals surface area contributed by atoms with Gasteiger partial charge in [-0.15, -0.1) is 0 Å². The number of rotatable bonds is 5. The molecule has 2 atom stereocenters. The van der Waals surface area contributed by atoms with Crippen molar-refractivity contribution in [2.24, 2.45) is 11.3 Å². The fourth-order valence-electron chi connectivity index (χ4n) is 4.63. The Morgan fingerprint density at radius 2 is 2.24 bits per heavy atom. The summed E-state index contributed by atoms with van der Waals surface area (Å²) >= 11 is 0. The Kier molecular flexibility index (Phi) is 4.20. The SMILES string of the molecule is C=CCOc1ccc(C(=O)N2CC3(CCC3)[C@H]3COC[C@@H]32)cc1OC. The van der Waals surface area contributed by atoms with Crippen LogP contribution in [-0.2, 0) is 4.74 Å². The van der Waals surface area contributed by atoms with Gasteiger partial charge in [0.25, 0.3) is 5.91 Å². The molecule has 0 aromatic heterocycles. The number of likely N-dealkylation sites (tertiary alicyclic amines) is 1. The number of hydrogen-bond donors (Lipinski definition) is 0. The maximum absolute atomic E-state index is 13.2. The molecule has 0 radical (unpaired) electrons. The number of carbonyl (C=O) groups excluding carboxylic acids is 1. The molecule has 5 nitrogen and oxygen atoms in total. The van der Waals surface area contributed by atoms with E-state index in [0.29, 0.717) is 41.6 Å². The molecule has 1 aliphatic carbocycles. The predicted octanol–water partition coefficient (Wildman–Crippen LogP) is 2.90. The van der Waals surface area contributed by atoms with Gasteiger partial charge in [-0.3, -0.25) is 4.79 Å². The van der Waals surface area contributed by atoms with Crippen LogP contribution >= 0.6 is 0 Å². The van der Waals surface area contributed by atoms with Crippen molar-refractivity contribution in [2.45, 2.75) is 25.3 Å². The number of amides is 1. The van der Waals surface area contributed by atoms with E-state index in [-0.39, 0.29) is 11.9 Å². The highest BCUT2D eigenvalue weighted by molar-refractivity contribution is 5.95. The summed E-state index contributed by atoms with van der Waals surface area (Å²) in [6.07, 6.45) is 5.40. The summed E-state index contributed by atoms with van der Waals surface area (Å²) in [7, 11) is 1.59. The van der Waals surface area contributed by atoms with E-state index in [1.807, 2.05) is 11.0 Å². The monoisotopic (exact) mass is 343 g/mol. The number of nitrogens with zero attached hydrogens (tertiary/aromatic N) is 1. The molecule has 4 rings (SSSR count). The minimum Gasteiger partial charge on any atom is -0.493 e. The molecule has 1 saturated carbocycles. The van der Waals surface area contributed by atoms with Gasteiger partial charge in [0.2, 0.25) is 0 Å². The Hall–Kier alpha value is -2.01. The molecule has 0 unspecified atom stereocenters. The fourth-order valence-corrected chi connectivity index (χ4v) is 4.63. The molecule has 134 valence electrons. The van der Waals surface area contributed by atoms with Crippen molar-refractivity contribution >= 4 is 5.91 Å². The smallest absolute Gasteiger partial charge is 0.254 e. The van der Waals surface area contributed by atoms with Crippen LogP contribution in [0, 0.1) is 11.3 Å². The lowest BCUT2D eigenvalue weighted by molar-refractivity contribution is 0.0451. The van der Waals surface area contributed by atoms with Crippen molar-refractivity contribution in [3.63, 3.8) is 0 Å². The Morgan fingerprint density at radius 1 is 1.40 bits per heavy atom. The molecule has 25 heavy (non-hydrogen) atoms. The highest BCUT2D eigenvalue weighted by Gasteiger charge is 2.58. The highest BCUT2D eigenvalue weighted by atomic mass is 16.5. The summed E-state index contributed by atoms with van der Waals surface area (Å²) < 4.78 is 16.7. The van der Waals surface area contributed by atoms with E-state index in [1.165, 1.54) is 19.3 Å².